The van der Waals surface area contributed by atoms with Crippen LogP contribution in [-0.4, -0.2) is 38.2 Å². The minimum atomic E-state index is 0.799. The van der Waals surface area contributed by atoms with Gasteiger partial charge in [0.05, 0.1) is 84.0 Å². The van der Waals surface area contributed by atoms with Crippen molar-refractivity contribution in [2.75, 3.05) is 0 Å². The van der Waals surface area contributed by atoms with E-state index in [0.29, 0.717) is 0 Å². The van der Waals surface area contributed by atoms with Crippen molar-refractivity contribution in [3.63, 3.8) is 0 Å². The fourth-order valence-corrected chi connectivity index (χ4v) is 18.3. The third-order valence-corrected chi connectivity index (χ3v) is 23.3. The summed E-state index contributed by atoms with van der Waals surface area (Å²) < 4.78 is 12.1. The molecule has 14 aromatic carbocycles. The van der Waals surface area contributed by atoms with Gasteiger partial charge in [-0.3, -0.25) is 9.97 Å². The molecule has 0 N–H and O–H groups in total. The Morgan fingerprint density at radius 2 is 0.595 bits per heavy atom. The number of thiophene rings is 1. The van der Waals surface area contributed by atoms with Crippen LogP contribution in [0.4, 0.5) is 0 Å². The molecule has 0 unspecified atom stereocenters. The highest BCUT2D eigenvalue weighted by molar-refractivity contribution is 7.26. The molecule has 0 amide bonds. The molecule has 111 heavy (non-hydrogen) atoms. The number of fused-ring (bicyclic) bond motifs is 16. The molecule has 0 bridgehead atoms. The highest BCUT2D eigenvalue weighted by Gasteiger charge is 2.22. The molecular formula is C102H64N8S. The van der Waals surface area contributed by atoms with Crippen LogP contribution >= 0.6 is 11.3 Å². The highest BCUT2D eigenvalue weighted by atomic mass is 32.1. The topological polar surface area (TPSA) is 71.3 Å². The van der Waals surface area contributed by atoms with E-state index in [2.05, 4.69) is 368 Å². The second-order valence-corrected chi connectivity index (χ2v) is 29.5. The molecule has 0 saturated heterocycles. The van der Waals surface area contributed by atoms with Gasteiger partial charge in [-0.2, -0.15) is 0 Å². The fraction of sp³-hybridized carbons (Fsp3) is 0. The predicted octanol–water partition coefficient (Wildman–Crippen LogP) is 26.9. The molecule has 8 nitrogen and oxygen atoms in total. The fourth-order valence-electron chi connectivity index (χ4n) is 17.1. The van der Waals surface area contributed by atoms with Gasteiger partial charge in [0.2, 0.25) is 0 Å². The van der Waals surface area contributed by atoms with Crippen molar-refractivity contribution in [1.82, 2.24) is 38.2 Å². The van der Waals surface area contributed by atoms with E-state index in [1.807, 2.05) is 60.1 Å². The maximum atomic E-state index is 5.28. The summed E-state index contributed by atoms with van der Waals surface area (Å²) in [5, 5.41) is 14.9. The van der Waals surface area contributed by atoms with Crippen molar-refractivity contribution in [3.05, 3.63) is 389 Å². The molecule has 518 valence electrons. The molecule has 0 radical (unpaired) electrons. The molecule has 0 spiro atoms. The summed E-state index contributed by atoms with van der Waals surface area (Å²) in [6.07, 6.45) is 3.62. The van der Waals surface area contributed by atoms with E-state index >= 15 is 0 Å². The van der Waals surface area contributed by atoms with Crippen LogP contribution in [0.3, 0.4) is 0 Å². The summed E-state index contributed by atoms with van der Waals surface area (Å²) in [5.74, 6) is 0. The predicted molar refractivity (Wildman–Crippen MR) is 464 cm³/mol. The molecule has 23 rings (SSSR count). The van der Waals surface area contributed by atoms with E-state index in [0.717, 1.165) is 67.8 Å². The zero-order chi connectivity index (χ0) is 73.0. The molecule has 0 atom stereocenters. The maximum absolute atomic E-state index is 5.28. The van der Waals surface area contributed by atoms with Crippen molar-refractivity contribution >= 4 is 130 Å². The van der Waals surface area contributed by atoms with E-state index in [1.165, 1.54) is 141 Å². The summed E-state index contributed by atoms with van der Waals surface area (Å²) in [4.78, 5) is 19.6. The highest BCUT2D eigenvalue weighted by Crippen LogP contribution is 2.44. The molecule has 0 fully saturated rings. The van der Waals surface area contributed by atoms with Gasteiger partial charge in [-0.05, 0) is 197 Å². The second-order valence-electron chi connectivity index (χ2n) is 28.5. The number of hydrogen-bond acceptors (Lipinski definition) is 5. The number of hydrogen-bond donors (Lipinski definition) is 0. The van der Waals surface area contributed by atoms with Crippen molar-refractivity contribution in [2.24, 2.45) is 0 Å². The lowest BCUT2D eigenvalue weighted by atomic mass is 10.0. The lowest BCUT2D eigenvalue weighted by molar-refractivity contribution is 1.14. The lowest BCUT2D eigenvalue weighted by Crippen LogP contribution is -1.99. The van der Waals surface area contributed by atoms with Crippen LogP contribution in [0, 0.1) is 0 Å². The summed E-state index contributed by atoms with van der Waals surface area (Å²) >= 11 is 1.84. The van der Waals surface area contributed by atoms with E-state index in [4.69, 9.17) is 9.97 Å². The first-order chi connectivity index (χ1) is 55.0. The van der Waals surface area contributed by atoms with Gasteiger partial charge in [-0.1, -0.05) is 212 Å². The largest absolute Gasteiger partial charge is 0.309 e. The number of aromatic nitrogens is 8. The zero-order valence-corrected chi connectivity index (χ0v) is 60.8. The summed E-state index contributed by atoms with van der Waals surface area (Å²) in [6, 6.07) is 135. The Balaban J connectivity index is 0.000000137. The quantitative estimate of drug-likeness (QED) is 0.137. The monoisotopic (exact) mass is 1430 g/mol. The Hall–Kier alpha value is -14.6. The number of rotatable bonds is 10. The number of benzene rings is 14. The molecule has 23 aromatic rings. The lowest BCUT2D eigenvalue weighted by Gasteiger charge is -2.13. The van der Waals surface area contributed by atoms with Gasteiger partial charge in [-0.15, -0.1) is 11.3 Å². The second kappa shape index (κ2) is 26.1. The summed E-state index contributed by atoms with van der Waals surface area (Å²) in [7, 11) is 0. The average molecular weight is 1430 g/mol. The van der Waals surface area contributed by atoms with Crippen LogP contribution in [0.25, 0.3) is 208 Å². The average Bonchev–Trinajstić information content (AvgIpc) is 1.60. The van der Waals surface area contributed by atoms with Crippen molar-refractivity contribution < 1.29 is 0 Å². The van der Waals surface area contributed by atoms with Crippen LogP contribution < -0.4 is 0 Å². The van der Waals surface area contributed by atoms with Gasteiger partial charge >= 0.3 is 0 Å². The molecular weight excluding hydrogens is 1370 g/mol. The Labute approximate surface area is 642 Å². The SMILES string of the molecule is c1ccc(-c2cc(-n3c4ccccc4c4cc(-c5ccc6c(c5)c5ccccc5n6-c5ccc6ccccc6c5)ccc43)cc(-c3ccccn3)n2)nc1.c1ccc(-n2c3ccccc3c3cc(-c4ccc5c(c4)c4ccccc4n5-c4cccc(-c5cccc(-c6cccc7c6sc6ccccc67)n5)c4)ccc32)cc1. The smallest absolute Gasteiger partial charge is 0.0915 e. The molecule has 0 aliphatic rings. The first-order valence-electron chi connectivity index (χ1n) is 37.6. The molecule has 0 aliphatic carbocycles. The minimum Gasteiger partial charge on any atom is -0.309 e. The van der Waals surface area contributed by atoms with Gasteiger partial charge in [0.15, 0.2) is 0 Å². The van der Waals surface area contributed by atoms with E-state index in [-0.39, 0.29) is 0 Å². The molecule has 0 aliphatic heterocycles. The first kappa shape index (κ1) is 63.6. The Bertz CT molecular complexity index is 7600. The van der Waals surface area contributed by atoms with Gasteiger partial charge in [-0.25, -0.2) is 9.97 Å². The van der Waals surface area contributed by atoms with Gasteiger partial charge in [0, 0.05) is 104 Å². The number of pyridine rings is 4. The third-order valence-electron chi connectivity index (χ3n) is 22.1. The van der Waals surface area contributed by atoms with E-state index in [1.54, 1.807) is 0 Å². The normalized spacial score (nSPS) is 11.8. The van der Waals surface area contributed by atoms with Crippen LogP contribution in [0.2, 0.25) is 0 Å². The Morgan fingerprint density at radius 3 is 1.14 bits per heavy atom. The molecule has 0 saturated carbocycles. The maximum Gasteiger partial charge on any atom is 0.0915 e. The Kier molecular flexibility index (Phi) is 15.0. The van der Waals surface area contributed by atoms with Gasteiger partial charge in [0.1, 0.15) is 0 Å². The minimum absolute atomic E-state index is 0.799. The standard InChI is InChI=1S/C53H33N3S.C49H31N5/c1-2-14-37(15-3-1)55-48-24-7-4-17-39(48)44-32-34(27-29-50(44)55)35-28-30-51-45(33-35)40-18-5-8-25-49(40)56(51)38-16-10-13-36(31-38)46-22-12-23-47(54-46)43-21-11-20-42-41-19-6-9-26-52(41)57-53(42)43;1-2-12-33-27-36(22-19-32(33)11-1)53-46-17-5-3-13-38(46)40-28-34(20-23-48(40)53)35-21-24-49-41(29-35)39-14-4-6-18-47(39)54(49)37-30-44(42-15-7-9-25-50-42)52-45(31-37)43-16-8-10-26-51-43/h1-33H;1-31H. The first-order valence-corrected chi connectivity index (χ1v) is 38.4. The van der Waals surface area contributed by atoms with Crippen LogP contribution in [0.15, 0.2) is 389 Å². The summed E-state index contributed by atoms with van der Waals surface area (Å²) in [6.45, 7) is 0. The Morgan fingerprint density at radius 1 is 0.198 bits per heavy atom. The van der Waals surface area contributed by atoms with Crippen molar-refractivity contribution in [1.29, 1.82) is 0 Å². The van der Waals surface area contributed by atoms with E-state index in [9.17, 15) is 0 Å². The van der Waals surface area contributed by atoms with Crippen LogP contribution in [-0.2, 0) is 0 Å². The summed E-state index contributed by atoms with van der Waals surface area (Å²) in [5.41, 5.74) is 26.1. The van der Waals surface area contributed by atoms with Crippen molar-refractivity contribution in [2.45, 2.75) is 0 Å². The molecule has 9 aromatic heterocycles. The third kappa shape index (κ3) is 10.7. The number of para-hydroxylation sites is 5. The van der Waals surface area contributed by atoms with Crippen LogP contribution in [0.1, 0.15) is 0 Å². The van der Waals surface area contributed by atoms with Crippen molar-refractivity contribution in [3.8, 4) is 90.3 Å². The zero-order valence-electron chi connectivity index (χ0n) is 59.9. The van der Waals surface area contributed by atoms with Crippen LogP contribution in [0.5, 0.6) is 0 Å². The van der Waals surface area contributed by atoms with E-state index < -0.39 is 0 Å². The molecule has 9 heteroatoms. The van der Waals surface area contributed by atoms with Gasteiger partial charge < -0.3 is 18.3 Å². The molecule has 9 heterocycles. The number of nitrogens with zero attached hydrogens (tertiary/aromatic N) is 8. The van der Waals surface area contributed by atoms with Gasteiger partial charge in [0.25, 0.3) is 0 Å².